The summed E-state index contributed by atoms with van der Waals surface area (Å²) in [5, 5.41) is 0. The summed E-state index contributed by atoms with van der Waals surface area (Å²) in [5.74, 6) is 0. The van der Waals surface area contributed by atoms with Crippen LogP contribution in [0.4, 0.5) is 0 Å². The molecule has 0 aromatic heterocycles. The molecule has 0 aliphatic carbocycles. The second-order valence-corrected chi connectivity index (χ2v) is 2.09. The van der Waals surface area contributed by atoms with Gasteiger partial charge in [0.1, 0.15) is 0 Å². The Bertz CT molecular complexity index is 84.9. The fourth-order valence-electron chi connectivity index (χ4n) is 0.859. The molecule has 1 aliphatic heterocycles. The Morgan fingerprint density at radius 2 is 2.44 bits per heavy atom. The van der Waals surface area contributed by atoms with E-state index < -0.39 is 0 Å². The molecular formula is C7H12O2. The fraction of sp³-hybridized carbons (Fsp3) is 0.714. The normalized spacial score (nSPS) is 27.8. The van der Waals surface area contributed by atoms with Gasteiger partial charge in [0.05, 0.1) is 25.9 Å². The zero-order valence-corrected chi connectivity index (χ0v) is 5.51. The molecule has 1 rings (SSSR count). The number of hydrogen-bond donors (Lipinski definition) is 0. The predicted molar refractivity (Wildman–Crippen MR) is 35.4 cm³/mol. The van der Waals surface area contributed by atoms with Gasteiger partial charge in [-0.25, -0.2) is 0 Å². The maximum absolute atomic E-state index is 5.32. The van der Waals surface area contributed by atoms with Crippen molar-refractivity contribution in [3.05, 3.63) is 12.7 Å². The van der Waals surface area contributed by atoms with Crippen molar-refractivity contribution in [2.75, 3.05) is 19.8 Å². The molecule has 1 aliphatic rings. The fourth-order valence-corrected chi connectivity index (χ4v) is 0.859. The molecule has 0 spiro atoms. The minimum atomic E-state index is 0.260. The van der Waals surface area contributed by atoms with E-state index in [0.717, 1.165) is 26.2 Å². The SMILES string of the molecule is C=CC[C@H]1COCCO1. The maximum atomic E-state index is 5.32. The molecule has 1 saturated heterocycles. The van der Waals surface area contributed by atoms with Gasteiger partial charge in [0.15, 0.2) is 0 Å². The van der Waals surface area contributed by atoms with Crippen molar-refractivity contribution in [3.8, 4) is 0 Å². The lowest BCUT2D eigenvalue weighted by Crippen LogP contribution is -2.27. The third-order valence-electron chi connectivity index (χ3n) is 1.31. The van der Waals surface area contributed by atoms with Gasteiger partial charge in [-0.2, -0.15) is 0 Å². The first-order chi connectivity index (χ1) is 4.43. The van der Waals surface area contributed by atoms with E-state index in [9.17, 15) is 0 Å². The zero-order valence-electron chi connectivity index (χ0n) is 5.51. The van der Waals surface area contributed by atoms with E-state index in [1.165, 1.54) is 0 Å². The summed E-state index contributed by atoms with van der Waals surface area (Å²) in [5.41, 5.74) is 0. The lowest BCUT2D eigenvalue weighted by molar-refractivity contribution is -0.0861. The minimum absolute atomic E-state index is 0.260. The quantitative estimate of drug-likeness (QED) is 0.516. The zero-order chi connectivity index (χ0) is 6.53. The molecule has 0 unspecified atom stereocenters. The van der Waals surface area contributed by atoms with Gasteiger partial charge in [-0.1, -0.05) is 6.08 Å². The molecule has 1 heterocycles. The first-order valence-electron chi connectivity index (χ1n) is 3.23. The molecule has 0 radical (unpaired) electrons. The Morgan fingerprint density at radius 1 is 1.56 bits per heavy atom. The molecule has 9 heavy (non-hydrogen) atoms. The highest BCUT2D eigenvalue weighted by Crippen LogP contribution is 2.04. The van der Waals surface area contributed by atoms with Crippen molar-refractivity contribution in [2.24, 2.45) is 0 Å². The van der Waals surface area contributed by atoms with Crippen LogP contribution in [0.25, 0.3) is 0 Å². The molecule has 0 N–H and O–H groups in total. The molecule has 0 aromatic rings. The van der Waals surface area contributed by atoms with Crippen molar-refractivity contribution in [1.82, 2.24) is 0 Å². The van der Waals surface area contributed by atoms with Crippen LogP contribution in [0.2, 0.25) is 0 Å². The highest BCUT2D eigenvalue weighted by Gasteiger charge is 2.11. The third kappa shape index (κ3) is 2.16. The van der Waals surface area contributed by atoms with Gasteiger partial charge in [0.2, 0.25) is 0 Å². The molecule has 1 fully saturated rings. The topological polar surface area (TPSA) is 18.5 Å². The van der Waals surface area contributed by atoms with Crippen LogP contribution in [0.3, 0.4) is 0 Å². The van der Waals surface area contributed by atoms with E-state index in [4.69, 9.17) is 9.47 Å². The van der Waals surface area contributed by atoms with Gasteiger partial charge in [-0.05, 0) is 6.42 Å². The van der Waals surface area contributed by atoms with Gasteiger partial charge >= 0.3 is 0 Å². The summed E-state index contributed by atoms with van der Waals surface area (Å²) in [6.07, 6.45) is 3.02. The Labute approximate surface area is 55.5 Å². The lowest BCUT2D eigenvalue weighted by atomic mass is 10.2. The smallest absolute Gasteiger partial charge is 0.0843 e. The van der Waals surface area contributed by atoms with E-state index in [0.29, 0.717) is 0 Å². The molecule has 1 atom stereocenters. The second kappa shape index (κ2) is 3.64. The van der Waals surface area contributed by atoms with E-state index in [2.05, 4.69) is 6.58 Å². The lowest BCUT2D eigenvalue weighted by Gasteiger charge is -2.21. The standard InChI is InChI=1S/C7H12O2/c1-2-3-7-6-8-4-5-9-7/h2,7H,1,3-6H2/t7-/m0/s1. The Kier molecular flexibility index (Phi) is 2.74. The highest BCUT2D eigenvalue weighted by atomic mass is 16.6. The van der Waals surface area contributed by atoms with Crippen molar-refractivity contribution < 1.29 is 9.47 Å². The van der Waals surface area contributed by atoms with Crippen molar-refractivity contribution >= 4 is 0 Å². The van der Waals surface area contributed by atoms with Crippen LogP contribution >= 0.6 is 0 Å². The molecule has 0 saturated carbocycles. The average Bonchev–Trinajstić information content (AvgIpc) is 1.91. The molecule has 2 nitrogen and oxygen atoms in total. The Balaban J connectivity index is 2.15. The molecule has 0 amide bonds. The number of hydrogen-bond acceptors (Lipinski definition) is 2. The maximum Gasteiger partial charge on any atom is 0.0843 e. The van der Waals surface area contributed by atoms with E-state index in [1.54, 1.807) is 0 Å². The van der Waals surface area contributed by atoms with Crippen LogP contribution < -0.4 is 0 Å². The van der Waals surface area contributed by atoms with Crippen LogP contribution in [0.5, 0.6) is 0 Å². The first-order valence-corrected chi connectivity index (χ1v) is 3.23. The molecule has 0 bridgehead atoms. The van der Waals surface area contributed by atoms with E-state index in [-0.39, 0.29) is 6.10 Å². The molecule has 2 heteroatoms. The van der Waals surface area contributed by atoms with Crippen molar-refractivity contribution in [2.45, 2.75) is 12.5 Å². The van der Waals surface area contributed by atoms with Crippen molar-refractivity contribution in [3.63, 3.8) is 0 Å². The Morgan fingerprint density at radius 3 is 3.00 bits per heavy atom. The van der Waals surface area contributed by atoms with Gasteiger partial charge in [0, 0.05) is 0 Å². The first kappa shape index (κ1) is 6.78. The largest absolute Gasteiger partial charge is 0.376 e. The summed E-state index contributed by atoms with van der Waals surface area (Å²) in [4.78, 5) is 0. The molecule has 52 valence electrons. The van der Waals surface area contributed by atoms with Crippen LogP contribution in [0.15, 0.2) is 12.7 Å². The number of ether oxygens (including phenoxy) is 2. The van der Waals surface area contributed by atoms with E-state index >= 15 is 0 Å². The summed E-state index contributed by atoms with van der Waals surface area (Å²) in [6.45, 7) is 5.83. The average molecular weight is 128 g/mol. The second-order valence-electron chi connectivity index (χ2n) is 2.09. The minimum Gasteiger partial charge on any atom is -0.376 e. The highest BCUT2D eigenvalue weighted by molar-refractivity contribution is 4.74. The summed E-state index contributed by atoms with van der Waals surface area (Å²) in [6, 6.07) is 0. The van der Waals surface area contributed by atoms with Crippen LogP contribution in [0, 0.1) is 0 Å². The predicted octanol–water partition coefficient (Wildman–Crippen LogP) is 0.978. The number of rotatable bonds is 2. The third-order valence-corrected chi connectivity index (χ3v) is 1.31. The van der Waals surface area contributed by atoms with Crippen LogP contribution in [-0.2, 0) is 9.47 Å². The summed E-state index contributed by atoms with van der Waals surface area (Å²) >= 11 is 0. The Hall–Kier alpha value is -0.340. The molecular weight excluding hydrogens is 116 g/mol. The van der Waals surface area contributed by atoms with E-state index in [1.807, 2.05) is 6.08 Å². The summed E-state index contributed by atoms with van der Waals surface area (Å²) in [7, 11) is 0. The van der Waals surface area contributed by atoms with Crippen LogP contribution in [0.1, 0.15) is 6.42 Å². The molecule has 0 aromatic carbocycles. The van der Waals surface area contributed by atoms with Gasteiger partial charge in [-0.3, -0.25) is 0 Å². The summed E-state index contributed by atoms with van der Waals surface area (Å²) < 4.78 is 10.5. The van der Waals surface area contributed by atoms with Gasteiger partial charge in [0.25, 0.3) is 0 Å². The van der Waals surface area contributed by atoms with Gasteiger partial charge in [-0.15, -0.1) is 6.58 Å². The van der Waals surface area contributed by atoms with Gasteiger partial charge < -0.3 is 9.47 Å². The monoisotopic (exact) mass is 128 g/mol. The van der Waals surface area contributed by atoms with Crippen LogP contribution in [-0.4, -0.2) is 25.9 Å². The van der Waals surface area contributed by atoms with Crippen molar-refractivity contribution in [1.29, 1.82) is 0 Å².